The predicted octanol–water partition coefficient (Wildman–Crippen LogP) is 2.55. The maximum absolute atomic E-state index is 13.3. The highest BCUT2D eigenvalue weighted by molar-refractivity contribution is 6.30. The molecule has 0 saturated heterocycles. The molecule has 0 aliphatic heterocycles. The molecule has 0 unspecified atom stereocenters. The van der Waals surface area contributed by atoms with Gasteiger partial charge in [0.2, 0.25) is 0 Å². The lowest BCUT2D eigenvalue weighted by Gasteiger charge is -2.20. The van der Waals surface area contributed by atoms with Gasteiger partial charge in [-0.15, -0.1) is 0 Å². The van der Waals surface area contributed by atoms with Crippen molar-refractivity contribution in [3.05, 3.63) is 28.3 Å². The second kappa shape index (κ2) is 3.37. The van der Waals surface area contributed by atoms with E-state index >= 15 is 0 Å². The number of phenols is 1. The minimum absolute atomic E-state index is 0.475. The number of rotatable bonds is 1. The van der Waals surface area contributed by atoms with Crippen LogP contribution in [0.3, 0.4) is 0 Å². The quantitative estimate of drug-likeness (QED) is 0.717. The summed E-state index contributed by atoms with van der Waals surface area (Å²) in [5.74, 6) is -2.99. The van der Waals surface area contributed by atoms with Crippen LogP contribution in [0.1, 0.15) is 19.4 Å². The smallest absolute Gasteiger partial charge is 0.166 e. The summed E-state index contributed by atoms with van der Waals surface area (Å²) in [6.07, 6.45) is 0. The van der Waals surface area contributed by atoms with Gasteiger partial charge in [0.15, 0.2) is 17.4 Å². The van der Waals surface area contributed by atoms with Crippen molar-refractivity contribution in [3.63, 3.8) is 0 Å². The molecule has 0 amide bonds. The molecule has 2 N–H and O–H groups in total. The van der Waals surface area contributed by atoms with Gasteiger partial charge in [0.05, 0.1) is 16.2 Å². The topological polar surface area (TPSA) is 40.5 Å². The van der Waals surface area contributed by atoms with E-state index in [2.05, 4.69) is 0 Å². The maximum atomic E-state index is 13.3. The van der Waals surface area contributed by atoms with Crippen LogP contribution in [0.4, 0.5) is 8.78 Å². The molecule has 0 spiro atoms. The Labute approximate surface area is 84.7 Å². The first-order chi connectivity index (χ1) is 6.25. The molecule has 2 nitrogen and oxygen atoms in total. The SMILES string of the molecule is CC(C)(O)c1c(O)c(F)cc(Cl)c1F. The molecule has 1 aromatic rings. The Morgan fingerprint density at radius 3 is 2.29 bits per heavy atom. The lowest BCUT2D eigenvalue weighted by Crippen LogP contribution is -2.18. The zero-order valence-corrected chi connectivity index (χ0v) is 8.36. The number of aromatic hydroxyl groups is 1. The summed E-state index contributed by atoms with van der Waals surface area (Å²) in [6, 6.07) is 0.654. The van der Waals surface area contributed by atoms with Gasteiger partial charge in [-0.1, -0.05) is 11.6 Å². The highest BCUT2D eigenvalue weighted by atomic mass is 35.5. The molecule has 0 aliphatic rings. The summed E-state index contributed by atoms with van der Waals surface area (Å²) in [7, 11) is 0. The second-order valence-corrected chi connectivity index (χ2v) is 3.84. The first-order valence-electron chi connectivity index (χ1n) is 3.84. The summed E-state index contributed by atoms with van der Waals surface area (Å²) in [4.78, 5) is 0. The summed E-state index contributed by atoms with van der Waals surface area (Å²) < 4.78 is 26.3. The number of phenolic OH excluding ortho intramolecular Hbond substituents is 1. The van der Waals surface area contributed by atoms with Crippen LogP contribution in [0.25, 0.3) is 0 Å². The molecular formula is C9H9ClF2O2. The van der Waals surface area contributed by atoms with Gasteiger partial charge in [0.25, 0.3) is 0 Å². The van der Waals surface area contributed by atoms with E-state index in [0.29, 0.717) is 6.07 Å². The number of hydrogen-bond acceptors (Lipinski definition) is 2. The molecule has 0 bridgehead atoms. The Morgan fingerprint density at radius 1 is 1.36 bits per heavy atom. The van der Waals surface area contributed by atoms with Crippen LogP contribution in [-0.4, -0.2) is 10.2 Å². The van der Waals surface area contributed by atoms with Crippen LogP contribution in [-0.2, 0) is 5.60 Å². The van der Waals surface area contributed by atoms with E-state index in [1.54, 1.807) is 0 Å². The van der Waals surface area contributed by atoms with Crippen LogP contribution < -0.4 is 0 Å². The van der Waals surface area contributed by atoms with E-state index in [9.17, 15) is 19.0 Å². The molecule has 78 valence electrons. The first-order valence-corrected chi connectivity index (χ1v) is 4.22. The number of aliphatic hydroxyl groups is 1. The summed E-state index contributed by atoms with van der Waals surface area (Å²) in [5.41, 5.74) is -2.23. The maximum Gasteiger partial charge on any atom is 0.166 e. The first kappa shape index (κ1) is 11.2. The van der Waals surface area contributed by atoms with Gasteiger partial charge in [-0.2, -0.15) is 0 Å². The third kappa shape index (κ3) is 1.81. The molecular weight excluding hydrogens is 214 g/mol. The van der Waals surface area contributed by atoms with Crippen LogP contribution in [0.5, 0.6) is 5.75 Å². The van der Waals surface area contributed by atoms with Crippen molar-refractivity contribution in [2.24, 2.45) is 0 Å². The monoisotopic (exact) mass is 222 g/mol. The molecule has 5 heteroatoms. The Hall–Kier alpha value is -0.870. The third-order valence-electron chi connectivity index (χ3n) is 1.76. The second-order valence-electron chi connectivity index (χ2n) is 3.44. The molecule has 0 heterocycles. The molecule has 0 fully saturated rings. The Balaban J connectivity index is 3.56. The van der Waals surface area contributed by atoms with Crippen molar-refractivity contribution in [1.82, 2.24) is 0 Å². The van der Waals surface area contributed by atoms with Crippen molar-refractivity contribution < 1.29 is 19.0 Å². The molecule has 14 heavy (non-hydrogen) atoms. The Morgan fingerprint density at radius 2 is 1.86 bits per heavy atom. The summed E-state index contributed by atoms with van der Waals surface area (Å²) >= 11 is 5.36. The van der Waals surface area contributed by atoms with Crippen LogP contribution in [0.15, 0.2) is 6.07 Å². The van der Waals surface area contributed by atoms with Gasteiger partial charge >= 0.3 is 0 Å². The Kier molecular flexibility index (Phi) is 2.69. The van der Waals surface area contributed by atoms with Crippen LogP contribution >= 0.6 is 11.6 Å². The van der Waals surface area contributed by atoms with Gasteiger partial charge < -0.3 is 10.2 Å². The molecule has 0 aliphatic carbocycles. The van der Waals surface area contributed by atoms with Crippen molar-refractivity contribution in [3.8, 4) is 5.75 Å². The average Bonchev–Trinajstić information content (AvgIpc) is 1.98. The Bertz CT molecular complexity index is 346. The van der Waals surface area contributed by atoms with Gasteiger partial charge in [0, 0.05) is 0 Å². The van der Waals surface area contributed by atoms with Gasteiger partial charge in [-0.05, 0) is 19.9 Å². The fourth-order valence-corrected chi connectivity index (χ4v) is 1.33. The standard InChI is InChI=1S/C9H9ClF2O2/c1-9(2,14)6-7(12)4(10)3-5(11)8(6)13/h3,13-14H,1-2H3. The lowest BCUT2D eigenvalue weighted by molar-refractivity contribution is 0.0709. The highest BCUT2D eigenvalue weighted by Gasteiger charge is 2.28. The van der Waals surface area contributed by atoms with Crippen LogP contribution in [0.2, 0.25) is 5.02 Å². The van der Waals surface area contributed by atoms with E-state index in [1.807, 2.05) is 0 Å². The average molecular weight is 223 g/mol. The minimum atomic E-state index is -1.69. The van der Waals surface area contributed by atoms with E-state index in [0.717, 1.165) is 0 Å². The van der Waals surface area contributed by atoms with Crippen molar-refractivity contribution >= 4 is 11.6 Å². The molecule has 0 atom stereocenters. The molecule has 0 radical (unpaired) electrons. The highest BCUT2D eigenvalue weighted by Crippen LogP contribution is 2.36. The number of benzene rings is 1. The van der Waals surface area contributed by atoms with E-state index in [-0.39, 0.29) is 0 Å². The van der Waals surface area contributed by atoms with Gasteiger partial charge in [-0.3, -0.25) is 0 Å². The fourth-order valence-electron chi connectivity index (χ4n) is 1.14. The van der Waals surface area contributed by atoms with E-state index < -0.39 is 33.6 Å². The van der Waals surface area contributed by atoms with Crippen molar-refractivity contribution in [2.45, 2.75) is 19.4 Å². The normalized spacial score (nSPS) is 11.9. The molecule has 1 aromatic carbocycles. The van der Waals surface area contributed by atoms with Crippen molar-refractivity contribution in [1.29, 1.82) is 0 Å². The fraction of sp³-hybridized carbons (Fsp3) is 0.333. The van der Waals surface area contributed by atoms with Gasteiger partial charge in [-0.25, -0.2) is 8.78 Å². The third-order valence-corrected chi connectivity index (χ3v) is 2.03. The summed E-state index contributed by atoms with van der Waals surface area (Å²) in [6.45, 7) is 2.45. The summed E-state index contributed by atoms with van der Waals surface area (Å²) in [5, 5.41) is 18.2. The largest absolute Gasteiger partial charge is 0.504 e. The van der Waals surface area contributed by atoms with Crippen LogP contribution in [0, 0.1) is 11.6 Å². The molecule has 1 rings (SSSR count). The predicted molar refractivity (Wildman–Crippen MR) is 48.3 cm³/mol. The zero-order chi connectivity index (χ0) is 11.1. The number of hydrogen-bond donors (Lipinski definition) is 2. The van der Waals surface area contributed by atoms with E-state index in [4.69, 9.17) is 11.6 Å². The molecule has 0 aromatic heterocycles. The lowest BCUT2D eigenvalue weighted by atomic mass is 9.96. The van der Waals surface area contributed by atoms with E-state index in [1.165, 1.54) is 13.8 Å². The van der Waals surface area contributed by atoms with Crippen molar-refractivity contribution in [2.75, 3.05) is 0 Å². The number of halogens is 3. The minimum Gasteiger partial charge on any atom is -0.504 e. The zero-order valence-electron chi connectivity index (χ0n) is 7.61. The molecule has 0 saturated carbocycles. The van der Waals surface area contributed by atoms with Gasteiger partial charge in [0.1, 0.15) is 0 Å².